The number of hydrogen-bond acceptors (Lipinski definition) is 3. The Hall–Kier alpha value is -2.47. The number of aliphatic hydroxyl groups excluding tert-OH is 1. The predicted octanol–water partition coefficient (Wildman–Crippen LogP) is 3.95. The molecule has 126 valence electrons. The molecule has 1 aliphatic carbocycles. The van der Waals surface area contributed by atoms with Crippen molar-refractivity contribution < 1.29 is 23.4 Å². The molecular weight excluding hydrogens is 316 g/mol. The second kappa shape index (κ2) is 6.97. The minimum absolute atomic E-state index is 0.00770. The number of amides is 1. The number of ether oxygens (including phenoxy) is 1. The number of hydrogen-bond donors (Lipinski definition) is 2. The quantitative estimate of drug-likeness (QED) is 0.891. The zero-order valence-electron chi connectivity index (χ0n) is 12.8. The fourth-order valence-corrected chi connectivity index (χ4v) is 2.75. The maximum absolute atomic E-state index is 14.1. The summed E-state index contributed by atoms with van der Waals surface area (Å²) in [5, 5.41) is 11.6. The van der Waals surface area contributed by atoms with Crippen LogP contribution in [0, 0.1) is 11.6 Å². The molecule has 1 fully saturated rings. The fourth-order valence-electron chi connectivity index (χ4n) is 2.75. The van der Waals surface area contributed by atoms with Crippen LogP contribution >= 0.6 is 0 Å². The van der Waals surface area contributed by atoms with E-state index in [1.807, 2.05) is 18.2 Å². The van der Waals surface area contributed by atoms with Crippen LogP contribution in [0.2, 0.25) is 0 Å². The number of benzene rings is 2. The molecule has 1 aliphatic rings. The number of carbonyl (C=O) groups is 1. The first-order chi connectivity index (χ1) is 11.5. The van der Waals surface area contributed by atoms with Gasteiger partial charge in [0.15, 0.2) is 0 Å². The molecule has 24 heavy (non-hydrogen) atoms. The summed E-state index contributed by atoms with van der Waals surface area (Å²) in [7, 11) is 0. The minimum atomic E-state index is -0.788. The van der Waals surface area contributed by atoms with Gasteiger partial charge in [0.25, 0.3) is 0 Å². The predicted molar refractivity (Wildman–Crippen MR) is 84.6 cm³/mol. The summed E-state index contributed by atoms with van der Waals surface area (Å²) in [6.45, 7) is 0.0652. The Balaban J connectivity index is 1.61. The van der Waals surface area contributed by atoms with E-state index in [4.69, 9.17) is 4.74 Å². The number of anilines is 1. The lowest BCUT2D eigenvalue weighted by Crippen LogP contribution is -2.28. The van der Waals surface area contributed by atoms with E-state index in [2.05, 4.69) is 5.32 Å². The van der Waals surface area contributed by atoms with E-state index in [1.165, 1.54) is 0 Å². The third-order valence-electron chi connectivity index (χ3n) is 4.06. The van der Waals surface area contributed by atoms with Crippen LogP contribution in [0.15, 0.2) is 42.5 Å². The monoisotopic (exact) mass is 333 g/mol. The molecule has 2 aromatic carbocycles. The molecule has 0 bridgehead atoms. The second-order valence-corrected chi connectivity index (χ2v) is 5.86. The smallest absolute Gasteiger partial charge is 0.411 e. The van der Waals surface area contributed by atoms with Crippen LogP contribution in [0.3, 0.4) is 0 Å². The molecule has 2 N–H and O–H groups in total. The molecule has 1 amide bonds. The third kappa shape index (κ3) is 3.71. The van der Waals surface area contributed by atoms with Crippen LogP contribution in [0.4, 0.5) is 19.3 Å². The summed E-state index contributed by atoms with van der Waals surface area (Å²) >= 11 is 0. The van der Waals surface area contributed by atoms with E-state index in [1.54, 1.807) is 12.1 Å². The Morgan fingerprint density at radius 2 is 1.79 bits per heavy atom. The molecule has 0 radical (unpaired) electrons. The first kappa shape index (κ1) is 16.4. The van der Waals surface area contributed by atoms with E-state index in [0.29, 0.717) is 12.8 Å². The third-order valence-corrected chi connectivity index (χ3v) is 4.06. The maximum atomic E-state index is 14.1. The van der Waals surface area contributed by atoms with Crippen LogP contribution < -0.4 is 5.32 Å². The van der Waals surface area contributed by atoms with Gasteiger partial charge in [-0.15, -0.1) is 0 Å². The molecule has 3 rings (SSSR count). The van der Waals surface area contributed by atoms with Crippen molar-refractivity contribution in [2.45, 2.75) is 31.5 Å². The van der Waals surface area contributed by atoms with Gasteiger partial charge in [-0.05, 0) is 36.5 Å². The highest BCUT2D eigenvalue weighted by atomic mass is 19.1. The van der Waals surface area contributed by atoms with Gasteiger partial charge < -0.3 is 9.84 Å². The molecule has 0 atom stereocenters. The van der Waals surface area contributed by atoms with Gasteiger partial charge in [0.2, 0.25) is 0 Å². The number of nitrogens with one attached hydrogen (secondary N) is 1. The molecular formula is C18H17F2NO3. The number of halogens is 2. The molecule has 0 unspecified atom stereocenters. The molecule has 6 heteroatoms. The molecule has 0 spiro atoms. The Morgan fingerprint density at radius 1 is 1.17 bits per heavy atom. The van der Waals surface area contributed by atoms with Crippen molar-refractivity contribution in [3.8, 4) is 0 Å². The summed E-state index contributed by atoms with van der Waals surface area (Å²) in [6.07, 6.45) is -0.594. The Labute approximate surface area is 138 Å². The number of aliphatic hydroxyl groups is 1. The van der Waals surface area contributed by atoms with Crippen molar-refractivity contribution in [1.82, 2.24) is 0 Å². The van der Waals surface area contributed by atoms with E-state index in [0.717, 1.165) is 17.7 Å². The van der Waals surface area contributed by atoms with Gasteiger partial charge in [-0.2, -0.15) is 0 Å². The lowest BCUT2D eigenvalue weighted by molar-refractivity contribution is 0.0721. The summed E-state index contributed by atoms with van der Waals surface area (Å²) in [5.74, 6) is -1.78. The molecule has 4 nitrogen and oxygen atoms in total. The number of carbonyl (C=O) groups excluding carboxylic acids is 1. The molecule has 0 aromatic heterocycles. The zero-order chi connectivity index (χ0) is 17.1. The molecule has 0 saturated heterocycles. The van der Waals surface area contributed by atoms with Gasteiger partial charge in [0.1, 0.15) is 18.2 Å². The largest absolute Gasteiger partial charge is 0.444 e. The summed E-state index contributed by atoms with van der Waals surface area (Å²) in [6, 6.07) is 11.2. The van der Waals surface area contributed by atoms with Crippen LogP contribution in [-0.4, -0.2) is 17.3 Å². The van der Waals surface area contributed by atoms with Gasteiger partial charge >= 0.3 is 6.09 Å². The Kier molecular flexibility index (Phi) is 4.76. The highest BCUT2D eigenvalue weighted by molar-refractivity contribution is 5.84. The molecule has 2 aromatic rings. The summed E-state index contributed by atoms with van der Waals surface area (Å²) < 4.78 is 33.2. The first-order valence-corrected chi connectivity index (χ1v) is 7.67. The number of rotatable bonds is 4. The Bertz CT molecular complexity index is 707. The van der Waals surface area contributed by atoms with Crippen molar-refractivity contribution in [3.63, 3.8) is 0 Å². The van der Waals surface area contributed by atoms with Crippen LogP contribution in [0.5, 0.6) is 0 Å². The van der Waals surface area contributed by atoms with Gasteiger partial charge in [-0.25, -0.2) is 13.6 Å². The molecule has 0 aliphatic heterocycles. The van der Waals surface area contributed by atoms with Crippen LogP contribution in [0.1, 0.15) is 29.9 Å². The van der Waals surface area contributed by atoms with Gasteiger partial charge in [-0.3, -0.25) is 5.32 Å². The normalized spacial score (nSPS) is 19.5. The maximum Gasteiger partial charge on any atom is 0.411 e. The highest BCUT2D eigenvalue weighted by Crippen LogP contribution is 2.40. The first-order valence-electron chi connectivity index (χ1n) is 7.67. The van der Waals surface area contributed by atoms with E-state index < -0.39 is 23.8 Å². The van der Waals surface area contributed by atoms with Crippen LogP contribution in [0.25, 0.3) is 0 Å². The van der Waals surface area contributed by atoms with Gasteiger partial charge in [0.05, 0.1) is 6.10 Å². The highest BCUT2D eigenvalue weighted by Gasteiger charge is 2.33. The van der Waals surface area contributed by atoms with Gasteiger partial charge in [-0.1, -0.05) is 30.3 Å². The SMILES string of the molecule is O=C(Nc1cc(F)c(C2CC(O)C2)c(F)c1)OCc1ccccc1. The average molecular weight is 333 g/mol. The Morgan fingerprint density at radius 3 is 2.38 bits per heavy atom. The van der Waals surface area contributed by atoms with Crippen molar-refractivity contribution in [3.05, 3.63) is 65.2 Å². The summed E-state index contributed by atoms with van der Waals surface area (Å²) in [4.78, 5) is 11.7. The van der Waals surface area contributed by atoms with Crippen LogP contribution in [-0.2, 0) is 11.3 Å². The lowest BCUT2D eigenvalue weighted by atomic mass is 9.77. The van der Waals surface area contributed by atoms with E-state index >= 15 is 0 Å². The lowest BCUT2D eigenvalue weighted by Gasteiger charge is -2.32. The minimum Gasteiger partial charge on any atom is -0.444 e. The second-order valence-electron chi connectivity index (χ2n) is 5.86. The van der Waals surface area contributed by atoms with Crippen molar-refractivity contribution >= 4 is 11.8 Å². The average Bonchev–Trinajstić information content (AvgIpc) is 2.51. The molecule has 1 saturated carbocycles. The summed E-state index contributed by atoms with van der Waals surface area (Å²) in [5.41, 5.74) is 0.763. The van der Waals surface area contributed by atoms with E-state index in [9.17, 15) is 18.7 Å². The molecule has 0 heterocycles. The zero-order valence-corrected chi connectivity index (χ0v) is 12.8. The standard InChI is InChI=1S/C18H17F2NO3/c19-15-8-13(9-16(20)17(15)12-6-14(22)7-12)21-18(23)24-10-11-4-2-1-3-5-11/h1-5,8-9,12,14,22H,6-7,10H2,(H,21,23). The fraction of sp³-hybridized carbons (Fsp3) is 0.278. The van der Waals surface area contributed by atoms with Crippen molar-refractivity contribution in [1.29, 1.82) is 0 Å². The van der Waals surface area contributed by atoms with Crippen molar-refractivity contribution in [2.75, 3.05) is 5.32 Å². The van der Waals surface area contributed by atoms with E-state index in [-0.39, 0.29) is 23.8 Å². The van der Waals surface area contributed by atoms with Crippen molar-refractivity contribution in [2.24, 2.45) is 0 Å². The van der Waals surface area contributed by atoms with Gasteiger partial charge in [0, 0.05) is 11.3 Å². The topological polar surface area (TPSA) is 58.6 Å².